The Labute approximate surface area is 152 Å². The first-order valence-corrected chi connectivity index (χ1v) is 9.21. The zero-order valence-corrected chi connectivity index (χ0v) is 15.0. The summed E-state index contributed by atoms with van der Waals surface area (Å²) in [4.78, 5) is 28.8. The number of halogens is 1. The van der Waals surface area contributed by atoms with Crippen molar-refractivity contribution in [3.63, 3.8) is 0 Å². The van der Waals surface area contributed by atoms with Crippen LogP contribution in [0, 0.1) is 0 Å². The van der Waals surface area contributed by atoms with Crippen molar-refractivity contribution in [3.8, 4) is 5.75 Å². The predicted octanol–water partition coefficient (Wildman–Crippen LogP) is 1.86. The lowest BCUT2D eigenvalue weighted by atomic mass is 10.1. The number of carbonyl (C=O) groups is 2. The molecule has 0 bridgehead atoms. The topological polar surface area (TPSA) is 72.9 Å². The summed E-state index contributed by atoms with van der Waals surface area (Å²) in [6.45, 7) is 3.74. The van der Waals surface area contributed by atoms with Gasteiger partial charge in [-0.2, -0.15) is 0 Å². The van der Waals surface area contributed by atoms with Crippen LogP contribution >= 0.6 is 11.6 Å². The summed E-state index contributed by atoms with van der Waals surface area (Å²) in [6, 6.07) is 4.68. The maximum Gasteiger partial charge on any atom is 0.251 e. The molecular weight excluding hydrogens is 342 g/mol. The van der Waals surface area contributed by atoms with Gasteiger partial charge in [0.15, 0.2) is 0 Å². The van der Waals surface area contributed by atoms with E-state index < -0.39 is 0 Å². The van der Waals surface area contributed by atoms with Gasteiger partial charge in [-0.05, 0) is 50.6 Å². The van der Waals surface area contributed by atoms with Crippen molar-refractivity contribution in [2.75, 3.05) is 32.7 Å². The molecule has 0 saturated carbocycles. The number of likely N-dealkylation sites (tertiary alicyclic amines) is 2. The molecule has 1 atom stereocenters. The van der Waals surface area contributed by atoms with Crippen LogP contribution in [0.2, 0.25) is 5.02 Å². The standard InChI is InChI=1S/C18H24ClN3O3/c19-15-10-13(4-5-16(15)23)18(25)20-11-17(24)22-9-6-14(12-22)21-7-2-1-3-8-21/h4-5,10,14,23H,1-3,6-9,11-12H2,(H,20,25). The number of piperidine rings is 1. The highest BCUT2D eigenvalue weighted by Gasteiger charge is 2.30. The minimum absolute atomic E-state index is 0.0238. The van der Waals surface area contributed by atoms with Gasteiger partial charge in [0.05, 0.1) is 11.6 Å². The fourth-order valence-corrected chi connectivity index (χ4v) is 3.75. The molecule has 2 amide bonds. The Bertz CT molecular complexity index is 646. The molecule has 6 nitrogen and oxygen atoms in total. The van der Waals surface area contributed by atoms with Crippen LogP contribution in [-0.2, 0) is 4.79 Å². The summed E-state index contributed by atoms with van der Waals surface area (Å²) in [7, 11) is 0. The van der Waals surface area contributed by atoms with Gasteiger partial charge in [0, 0.05) is 24.7 Å². The Morgan fingerprint density at radius 2 is 1.96 bits per heavy atom. The maximum atomic E-state index is 12.4. The van der Waals surface area contributed by atoms with Gasteiger partial charge < -0.3 is 15.3 Å². The molecule has 1 aromatic rings. The Kier molecular flexibility index (Phi) is 5.81. The van der Waals surface area contributed by atoms with Crippen molar-refractivity contribution in [1.29, 1.82) is 0 Å². The van der Waals surface area contributed by atoms with E-state index in [1.807, 2.05) is 4.90 Å². The van der Waals surface area contributed by atoms with Gasteiger partial charge in [-0.3, -0.25) is 14.5 Å². The zero-order valence-electron chi connectivity index (χ0n) is 14.2. The Morgan fingerprint density at radius 1 is 1.20 bits per heavy atom. The lowest BCUT2D eigenvalue weighted by molar-refractivity contribution is -0.129. The van der Waals surface area contributed by atoms with Crippen LogP contribution in [0.1, 0.15) is 36.0 Å². The van der Waals surface area contributed by atoms with Crippen LogP contribution in [0.4, 0.5) is 0 Å². The molecule has 0 spiro atoms. The molecule has 0 radical (unpaired) electrons. The van der Waals surface area contributed by atoms with Crippen LogP contribution in [-0.4, -0.2) is 65.5 Å². The SMILES string of the molecule is O=C(NCC(=O)N1CCC(N2CCCCC2)C1)c1ccc(O)c(Cl)c1. The summed E-state index contributed by atoms with van der Waals surface area (Å²) in [5, 5.41) is 12.1. The third-order valence-corrected chi connectivity index (χ3v) is 5.34. The minimum Gasteiger partial charge on any atom is -0.506 e. The second-order valence-corrected chi connectivity index (χ2v) is 7.13. The first-order valence-electron chi connectivity index (χ1n) is 8.83. The van der Waals surface area contributed by atoms with Crippen molar-refractivity contribution < 1.29 is 14.7 Å². The van der Waals surface area contributed by atoms with E-state index in [0.717, 1.165) is 32.6 Å². The number of nitrogens with one attached hydrogen (secondary N) is 1. The second-order valence-electron chi connectivity index (χ2n) is 6.73. The predicted molar refractivity (Wildman–Crippen MR) is 95.9 cm³/mol. The molecule has 0 aliphatic carbocycles. The minimum atomic E-state index is -0.373. The van der Waals surface area contributed by atoms with Crippen LogP contribution < -0.4 is 5.32 Å². The maximum absolute atomic E-state index is 12.4. The molecule has 2 aliphatic rings. The molecule has 2 saturated heterocycles. The van der Waals surface area contributed by atoms with Crippen LogP contribution in [0.15, 0.2) is 18.2 Å². The Hall–Kier alpha value is -1.79. The summed E-state index contributed by atoms with van der Waals surface area (Å²) in [5.74, 6) is -0.505. The van der Waals surface area contributed by atoms with Gasteiger partial charge in [-0.25, -0.2) is 0 Å². The fraction of sp³-hybridized carbons (Fsp3) is 0.556. The van der Waals surface area contributed by atoms with Gasteiger partial charge in [0.2, 0.25) is 5.91 Å². The summed E-state index contributed by atoms with van der Waals surface area (Å²) >= 11 is 5.80. The van der Waals surface area contributed by atoms with E-state index in [2.05, 4.69) is 10.2 Å². The van der Waals surface area contributed by atoms with E-state index in [1.165, 1.54) is 37.5 Å². The highest BCUT2D eigenvalue weighted by Crippen LogP contribution is 2.23. The van der Waals surface area contributed by atoms with Gasteiger partial charge in [-0.15, -0.1) is 0 Å². The van der Waals surface area contributed by atoms with E-state index in [1.54, 1.807) is 0 Å². The number of carbonyl (C=O) groups excluding carboxylic acids is 2. The third kappa shape index (κ3) is 4.44. The van der Waals surface area contributed by atoms with Crippen molar-refractivity contribution in [2.24, 2.45) is 0 Å². The van der Waals surface area contributed by atoms with Crippen molar-refractivity contribution >= 4 is 23.4 Å². The van der Waals surface area contributed by atoms with Crippen molar-refractivity contribution in [1.82, 2.24) is 15.1 Å². The lowest BCUT2D eigenvalue weighted by Crippen LogP contribution is -2.43. The average Bonchev–Trinajstić information content (AvgIpc) is 3.12. The summed E-state index contributed by atoms with van der Waals surface area (Å²) in [5.41, 5.74) is 0.322. The van der Waals surface area contributed by atoms with Crippen LogP contribution in [0.25, 0.3) is 0 Å². The first-order chi connectivity index (χ1) is 12.0. The number of aromatic hydroxyl groups is 1. The van der Waals surface area contributed by atoms with E-state index >= 15 is 0 Å². The third-order valence-electron chi connectivity index (χ3n) is 5.03. The summed E-state index contributed by atoms with van der Waals surface area (Å²) < 4.78 is 0. The molecule has 2 N–H and O–H groups in total. The molecule has 0 aromatic heterocycles. The van der Waals surface area contributed by atoms with Crippen molar-refractivity contribution in [2.45, 2.75) is 31.7 Å². The monoisotopic (exact) mass is 365 g/mol. The van der Waals surface area contributed by atoms with Crippen LogP contribution in [0.3, 0.4) is 0 Å². The molecular formula is C18H24ClN3O3. The number of amides is 2. The fourth-order valence-electron chi connectivity index (χ4n) is 3.57. The van der Waals surface area contributed by atoms with Gasteiger partial charge in [0.25, 0.3) is 5.91 Å². The number of phenols is 1. The van der Waals surface area contributed by atoms with E-state index in [-0.39, 0.29) is 29.1 Å². The highest BCUT2D eigenvalue weighted by atomic mass is 35.5. The van der Waals surface area contributed by atoms with Gasteiger partial charge >= 0.3 is 0 Å². The number of hydrogen-bond acceptors (Lipinski definition) is 4. The van der Waals surface area contributed by atoms with Crippen LogP contribution in [0.5, 0.6) is 5.75 Å². The number of hydrogen-bond donors (Lipinski definition) is 2. The van der Waals surface area contributed by atoms with Gasteiger partial charge in [0.1, 0.15) is 5.75 Å². The first kappa shape index (κ1) is 18.0. The molecule has 2 fully saturated rings. The molecule has 7 heteroatoms. The zero-order chi connectivity index (χ0) is 17.8. The average molecular weight is 366 g/mol. The largest absolute Gasteiger partial charge is 0.506 e. The molecule has 3 rings (SSSR count). The molecule has 25 heavy (non-hydrogen) atoms. The normalized spacial score (nSPS) is 21.3. The van der Waals surface area contributed by atoms with E-state index in [0.29, 0.717) is 11.6 Å². The van der Waals surface area contributed by atoms with E-state index in [9.17, 15) is 14.7 Å². The second kappa shape index (κ2) is 8.06. The number of benzene rings is 1. The Morgan fingerprint density at radius 3 is 2.68 bits per heavy atom. The number of phenolic OH excluding ortho intramolecular Hbond substituents is 1. The highest BCUT2D eigenvalue weighted by molar-refractivity contribution is 6.32. The summed E-state index contributed by atoms with van der Waals surface area (Å²) in [6.07, 6.45) is 4.80. The van der Waals surface area contributed by atoms with Crippen molar-refractivity contribution in [3.05, 3.63) is 28.8 Å². The van der Waals surface area contributed by atoms with Gasteiger partial charge in [-0.1, -0.05) is 18.0 Å². The lowest BCUT2D eigenvalue weighted by Gasteiger charge is -2.32. The quantitative estimate of drug-likeness (QED) is 0.854. The molecule has 1 unspecified atom stereocenters. The molecule has 2 heterocycles. The number of nitrogens with zero attached hydrogens (tertiary/aromatic N) is 2. The smallest absolute Gasteiger partial charge is 0.251 e. The van der Waals surface area contributed by atoms with E-state index in [4.69, 9.17) is 11.6 Å². The molecule has 136 valence electrons. The molecule has 1 aromatic carbocycles. The number of rotatable bonds is 4. The molecule has 2 aliphatic heterocycles. The Balaban J connectivity index is 1.47.